The molecule has 7 heteroatoms. The first-order valence-electron chi connectivity index (χ1n) is 9.48. The minimum Gasteiger partial charge on any atom is -0.494 e. The highest BCUT2D eigenvalue weighted by Gasteiger charge is 2.09. The molecule has 3 rings (SSSR count). The Morgan fingerprint density at radius 2 is 1.90 bits per heavy atom. The monoisotopic (exact) mass is 412 g/mol. The molecule has 0 saturated heterocycles. The van der Waals surface area contributed by atoms with E-state index in [0.29, 0.717) is 19.6 Å². The van der Waals surface area contributed by atoms with E-state index < -0.39 is 5.97 Å². The summed E-state index contributed by atoms with van der Waals surface area (Å²) < 4.78 is 10.4. The average Bonchev–Trinajstić information content (AvgIpc) is 3.15. The van der Waals surface area contributed by atoms with Gasteiger partial charge < -0.3 is 19.8 Å². The number of H-pyrrole nitrogens is 1. The fourth-order valence-electron chi connectivity index (χ4n) is 2.85. The van der Waals surface area contributed by atoms with Gasteiger partial charge in [-0.15, -0.1) is 11.8 Å². The van der Waals surface area contributed by atoms with Crippen LogP contribution in [0.25, 0.3) is 10.9 Å². The lowest BCUT2D eigenvalue weighted by Crippen LogP contribution is -2.30. The van der Waals surface area contributed by atoms with Crippen molar-refractivity contribution in [2.75, 3.05) is 25.5 Å². The highest BCUT2D eigenvalue weighted by atomic mass is 32.2. The van der Waals surface area contributed by atoms with Crippen molar-refractivity contribution in [3.63, 3.8) is 0 Å². The zero-order valence-electron chi connectivity index (χ0n) is 16.3. The van der Waals surface area contributed by atoms with Crippen molar-refractivity contribution < 1.29 is 19.1 Å². The van der Waals surface area contributed by atoms with Crippen molar-refractivity contribution in [1.82, 2.24) is 10.3 Å². The number of carbonyl (C=O) groups is 2. The molecule has 29 heavy (non-hydrogen) atoms. The van der Waals surface area contributed by atoms with Crippen molar-refractivity contribution >= 4 is 34.5 Å². The molecular formula is C22H24N2O4S. The Bertz CT molecular complexity index is 953. The molecule has 0 bridgehead atoms. The molecule has 0 aliphatic heterocycles. The molecule has 2 aromatic carbocycles. The van der Waals surface area contributed by atoms with E-state index in [1.807, 2.05) is 61.7 Å². The van der Waals surface area contributed by atoms with Crippen LogP contribution < -0.4 is 10.1 Å². The quantitative estimate of drug-likeness (QED) is 0.393. The lowest BCUT2D eigenvalue weighted by atomic mass is 10.1. The smallest absolute Gasteiger partial charge is 0.316 e. The SMILES string of the molecule is CCOc1ccc(SCC(=O)OCC(=O)NCCc2c[nH]c3ccccc23)cc1. The van der Waals surface area contributed by atoms with Gasteiger partial charge in [0.25, 0.3) is 5.91 Å². The van der Waals surface area contributed by atoms with Crippen LogP contribution in [0.5, 0.6) is 5.75 Å². The predicted molar refractivity (Wildman–Crippen MR) is 114 cm³/mol. The third-order valence-corrected chi connectivity index (χ3v) is 5.23. The van der Waals surface area contributed by atoms with Crippen molar-refractivity contribution in [2.45, 2.75) is 18.2 Å². The number of hydrogen-bond acceptors (Lipinski definition) is 5. The van der Waals surface area contributed by atoms with Crippen LogP contribution in [-0.2, 0) is 20.7 Å². The number of fused-ring (bicyclic) bond motifs is 1. The van der Waals surface area contributed by atoms with Gasteiger partial charge in [0, 0.05) is 28.5 Å². The van der Waals surface area contributed by atoms with Crippen LogP contribution >= 0.6 is 11.8 Å². The molecule has 152 valence electrons. The number of aromatic nitrogens is 1. The van der Waals surface area contributed by atoms with Crippen LogP contribution in [0.4, 0.5) is 0 Å². The van der Waals surface area contributed by atoms with Crippen LogP contribution in [-0.4, -0.2) is 42.4 Å². The molecule has 2 N–H and O–H groups in total. The van der Waals surface area contributed by atoms with Crippen LogP contribution in [0.1, 0.15) is 12.5 Å². The van der Waals surface area contributed by atoms with Crippen molar-refractivity contribution in [1.29, 1.82) is 0 Å². The fraction of sp³-hybridized carbons (Fsp3) is 0.273. The van der Waals surface area contributed by atoms with Gasteiger partial charge in [0.15, 0.2) is 6.61 Å². The number of thioether (sulfide) groups is 1. The number of amides is 1. The second-order valence-electron chi connectivity index (χ2n) is 6.31. The van der Waals surface area contributed by atoms with Crippen molar-refractivity contribution in [3.8, 4) is 5.75 Å². The summed E-state index contributed by atoms with van der Waals surface area (Å²) in [6.07, 6.45) is 2.66. The molecule has 1 aromatic heterocycles. The van der Waals surface area contributed by atoms with Crippen LogP contribution in [0.2, 0.25) is 0 Å². The van der Waals surface area contributed by atoms with E-state index in [2.05, 4.69) is 10.3 Å². The average molecular weight is 413 g/mol. The van der Waals surface area contributed by atoms with Gasteiger partial charge in [0.1, 0.15) is 5.75 Å². The molecule has 0 saturated carbocycles. The number of nitrogens with one attached hydrogen (secondary N) is 2. The molecule has 1 amide bonds. The summed E-state index contributed by atoms with van der Waals surface area (Å²) in [7, 11) is 0. The normalized spacial score (nSPS) is 10.7. The summed E-state index contributed by atoms with van der Waals surface area (Å²) in [4.78, 5) is 27.9. The highest BCUT2D eigenvalue weighted by Crippen LogP contribution is 2.21. The van der Waals surface area contributed by atoms with Gasteiger partial charge in [-0.25, -0.2) is 0 Å². The number of para-hydroxylation sites is 1. The Kier molecular flexibility index (Phi) is 7.58. The van der Waals surface area contributed by atoms with E-state index in [-0.39, 0.29) is 18.3 Å². The van der Waals surface area contributed by atoms with Gasteiger partial charge in [-0.05, 0) is 49.2 Å². The summed E-state index contributed by atoms with van der Waals surface area (Å²) in [5, 5.41) is 3.93. The molecule has 6 nitrogen and oxygen atoms in total. The van der Waals surface area contributed by atoms with E-state index in [9.17, 15) is 9.59 Å². The lowest BCUT2D eigenvalue weighted by Gasteiger charge is -2.07. The second kappa shape index (κ2) is 10.6. The lowest BCUT2D eigenvalue weighted by molar-refractivity contribution is -0.145. The van der Waals surface area contributed by atoms with E-state index >= 15 is 0 Å². The number of carbonyl (C=O) groups excluding carboxylic acids is 2. The maximum Gasteiger partial charge on any atom is 0.316 e. The Hall–Kier alpha value is -2.93. The first-order chi connectivity index (χ1) is 14.2. The minimum absolute atomic E-state index is 0.149. The maximum absolute atomic E-state index is 11.9. The van der Waals surface area contributed by atoms with E-state index in [1.54, 1.807) is 0 Å². The number of rotatable bonds is 10. The van der Waals surface area contributed by atoms with Gasteiger partial charge in [-0.2, -0.15) is 0 Å². The summed E-state index contributed by atoms with van der Waals surface area (Å²) in [6, 6.07) is 15.5. The number of ether oxygens (including phenoxy) is 2. The molecule has 0 atom stereocenters. The Morgan fingerprint density at radius 3 is 2.69 bits per heavy atom. The summed E-state index contributed by atoms with van der Waals surface area (Å²) >= 11 is 1.36. The zero-order valence-corrected chi connectivity index (χ0v) is 17.1. The van der Waals surface area contributed by atoms with Gasteiger partial charge in [0.05, 0.1) is 12.4 Å². The molecule has 1 heterocycles. The molecule has 3 aromatic rings. The molecule has 0 aliphatic rings. The highest BCUT2D eigenvalue weighted by molar-refractivity contribution is 8.00. The van der Waals surface area contributed by atoms with Gasteiger partial charge in [-0.3, -0.25) is 9.59 Å². The molecule has 0 radical (unpaired) electrons. The zero-order chi connectivity index (χ0) is 20.5. The van der Waals surface area contributed by atoms with Gasteiger partial charge in [-0.1, -0.05) is 18.2 Å². The van der Waals surface area contributed by atoms with Gasteiger partial charge >= 0.3 is 5.97 Å². The number of hydrogen-bond donors (Lipinski definition) is 2. The van der Waals surface area contributed by atoms with Gasteiger partial charge in [0.2, 0.25) is 0 Å². The fourth-order valence-corrected chi connectivity index (χ4v) is 3.55. The topological polar surface area (TPSA) is 80.4 Å². The van der Waals surface area contributed by atoms with E-state index in [1.165, 1.54) is 11.8 Å². The molecule has 0 aliphatic carbocycles. The van der Waals surface area contributed by atoms with Crippen molar-refractivity contribution in [2.24, 2.45) is 0 Å². The molecule has 0 fully saturated rings. The first kappa shape index (κ1) is 20.8. The van der Waals surface area contributed by atoms with E-state index in [4.69, 9.17) is 9.47 Å². The number of aromatic amines is 1. The Labute approximate surface area is 174 Å². The molecule has 0 spiro atoms. The van der Waals surface area contributed by atoms with E-state index in [0.717, 1.165) is 27.1 Å². The summed E-state index contributed by atoms with van der Waals surface area (Å²) in [5.41, 5.74) is 2.22. The number of esters is 1. The Balaban J connectivity index is 1.33. The summed E-state index contributed by atoms with van der Waals surface area (Å²) in [5.74, 6) is 0.222. The van der Waals surface area contributed by atoms with Crippen LogP contribution in [0.3, 0.4) is 0 Å². The third kappa shape index (κ3) is 6.29. The first-order valence-corrected chi connectivity index (χ1v) is 10.5. The maximum atomic E-state index is 11.9. The standard InChI is InChI=1S/C22H24N2O4S/c1-2-27-17-7-9-18(10-8-17)29-15-22(26)28-14-21(25)23-12-11-16-13-24-20-6-4-3-5-19(16)20/h3-10,13,24H,2,11-12,14-15H2,1H3,(H,23,25). The van der Waals surface area contributed by atoms with Crippen LogP contribution in [0.15, 0.2) is 59.6 Å². The summed E-state index contributed by atoms with van der Waals surface area (Å²) in [6.45, 7) is 2.76. The number of benzene rings is 2. The molecular weight excluding hydrogens is 388 g/mol. The molecule has 0 unspecified atom stereocenters. The third-order valence-electron chi connectivity index (χ3n) is 4.25. The second-order valence-corrected chi connectivity index (χ2v) is 7.36. The van der Waals surface area contributed by atoms with Crippen LogP contribution in [0, 0.1) is 0 Å². The minimum atomic E-state index is -0.421. The predicted octanol–water partition coefficient (Wildman–Crippen LogP) is 3.56. The largest absolute Gasteiger partial charge is 0.494 e. The Morgan fingerprint density at radius 1 is 1.10 bits per heavy atom. The van der Waals surface area contributed by atoms with Crippen molar-refractivity contribution in [3.05, 3.63) is 60.3 Å².